The molecule has 0 atom stereocenters. The lowest BCUT2D eigenvalue weighted by molar-refractivity contribution is -0.0687. The molecule has 0 saturated carbocycles. The fourth-order valence-corrected chi connectivity index (χ4v) is 2.58. The molecule has 2 N–H and O–H groups in total. The summed E-state index contributed by atoms with van der Waals surface area (Å²) < 4.78 is 39.3. The van der Waals surface area contributed by atoms with Crippen LogP contribution in [0.25, 0.3) is 11.1 Å². The molecule has 2 rings (SSSR count). The van der Waals surface area contributed by atoms with Gasteiger partial charge in [0.1, 0.15) is 0 Å². The van der Waals surface area contributed by atoms with Crippen LogP contribution >= 0.6 is 0 Å². The first-order chi connectivity index (χ1) is 10.3. The van der Waals surface area contributed by atoms with Crippen molar-refractivity contribution < 1.29 is 23.4 Å². The first-order valence-corrected chi connectivity index (χ1v) is 7.40. The molecule has 0 amide bonds. The van der Waals surface area contributed by atoms with Crippen molar-refractivity contribution in [2.45, 2.75) is 45.2 Å². The Morgan fingerprint density at radius 1 is 1.00 bits per heavy atom. The Bertz CT molecular complexity index is 613. The molecule has 0 aromatic heterocycles. The maximum Gasteiger partial charge on any atom is 0.417 e. The van der Waals surface area contributed by atoms with Crippen LogP contribution in [0.15, 0.2) is 24.3 Å². The largest absolute Gasteiger partial charge is 0.504 e. The number of hydrogen-bond acceptors (Lipinski definition) is 2. The number of alkyl halides is 3. The van der Waals surface area contributed by atoms with Crippen molar-refractivity contribution in [2.75, 3.05) is 0 Å². The molecule has 1 aliphatic rings. The number of hydrogen-bond donors (Lipinski definition) is 2. The fraction of sp³-hybridized carbons (Fsp3) is 0.412. The molecule has 0 saturated heterocycles. The number of allylic oxidation sites excluding steroid dienone is 4. The van der Waals surface area contributed by atoms with Crippen molar-refractivity contribution in [3.8, 4) is 11.5 Å². The zero-order chi connectivity index (χ0) is 16.3. The molecular weight excluding hydrogens is 293 g/mol. The number of phenolic OH excluding ortho intramolecular Hbond substituents is 2. The molecule has 0 fully saturated rings. The number of benzene rings is 1. The highest BCUT2D eigenvalue weighted by Crippen LogP contribution is 2.47. The van der Waals surface area contributed by atoms with Crippen LogP contribution < -0.4 is 0 Å². The monoisotopic (exact) mass is 312 g/mol. The molecule has 0 heterocycles. The highest BCUT2D eigenvalue weighted by atomic mass is 19.4. The summed E-state index contributed by atoms with van der Waals surface area (Å²) in [4.78, 5) is 0. The molecule has 0 unspecified atom stereocenters. The number of aromatic hydroxyl groups is 2. The lowest BCUT2D eigenvalue weighted by Gasteiger charge is -2.10. The van der Waals surface area contributed by atoms with Crippen LogP contribution in [0.2, 0.25) is 0 Å². The van der Waals surface area contributed by atoms with Gasteiger partial charge in [0, 0.05) is 0 Å². The van der Waals surface area contributed by atoms with E-state index in [9.17, 15) is 23.4 Å². The summed E-state index contributed by atoms with van der Waals surface area (Å²) >= 11 is 0. The van der Waals surface area contributed by atoms with Crippen molar-refractivity contribution in [2.24, 2.45) is 0 Å². The maximum absolute atomic E-state index is 13.1. The first-order valence-electron chi connectivity index (χ1n) is 7.40. The number of fused-ring (bicyclic) bond motifs is 1. The molecule has 120 valence electrons. The van der Waals surface area contributed by atoms with Gasteiger partial charge >= 0.3 is 6.18 Å². The zero-order valence-electron chi connectivity index (χ0n) is 12.4. The predicted molar refractivity (Wildman–Crippen MR) is 80.5 cm³/mol. The molecule has 0 radical (unpaired) electrons. The van der Waals surface area contributed by atoms with E-state index in [2.05, 4.69) is 6.92 Å². The van der Waals surface area contributed by atoms with Crippen molar-refractivity contribution in [1.29, 1.82) is 0 Å². The second kappa shape index (κ2) is 6.46. The topological polar surface area (TPSA) is 40.5 Å². The summed E-state index contributed by atoms with van der Waals surface area (Å²) in [6.45, 7) is 2.10. The van der Waals surface area contributed by atoms with E-state index in [1.165, 1.54) is 6.07 Å². The SMILES string of the molecule is CCCCCC/C=C1\C=C(C(F)(F)F)c2cc(O)c(O)cc21. The Kier molecular flexibility index (Phi) is 4.84. The van der Waals surface area contributed by atoms with E-state index in [1.807, 2.05) is 0 Å². The average molecular weight is 312 g/mol. The molecule has 22 heavy (non-hydrogen) atoms. The highest BCUT2D eigenvalue weighted by molar-refractivity contribution is 5.98. The third kappa shape index (κ3) is 3.46. The van der Waals surface area contributed by atoms with Gasteiger partial charge in [-0.25, -0.2) is 0 Å². The van der Waals surface area contributed by atoms with Gasteiger partial charge in [0.2, 0.25) is 0 Å². The van der Waals surface area contributed by atoms with Crippen LogP contribution in [-0.4, -0.2) is 16.4 Å². The third-order valence-corrected chi connectivity index (χ3v) is 3.74. The summed E-state index contributed by atoms with van der Waals surface area (Å²) in [6.07, 6.45) is 3.24. The molecule has 1 aromatic rings. The van der Waals surface area contributed by atoms with Crippen LogP contribution in [0, 0.1) is 0 Å². The normalized spacial score (nSPS) is 16.0. The number of phenols is 2. The van der Waals surface area contributed by atoms with Gasteiger partial charge in [-0.1, -0.05) is 32.3 Å². The molecular formula is C17H19F3O2. The minimum absolute atomic E-state index is 0.0809. The van der Waals surface area contributed by atoms with E-state index in [0.29, 0.717) is 17.6 Å². The first kappa shape index (κ1) is 16.5. The predicted octanol–water partition coefficient (Wildman–Crippen LogP) is 5.41. The minimum Gasteiger partial charge on any atom is -0.504 e. The van der Waals surface area contributed by atoms with Crippen molar-refractivity contribution in [3.05, 3.63) is 35.4 Å². The van der Waals surface area contributed by atoms with Crippen molar-refractivity contribution in [3.63, 3.8) is 0 Å². The van der Waals surface area contributed by atoms with E-state index in [1.54, 1.807) is 6.08 Å². The summed E-state index contributed by atoms with van der Waals surface area (Å²) in [5.41, 5.74) is -0.0903. The van der Waals surface area contributed by atoms with Gasteiger partial charge in [-0.05, 0) is 47.8 Å². The Balaban J connectivity index is 2.31. The van der Waals surface area contributed by atoms with Crippen LogP contribution in [0.1, 0.15) is 50.2 Å². The molecule has 1 aliphatic carbocycles. The third-order valence-electron chi connectivity index (χ3n) is 3.74. The lowest BCUT2D eigenvalue weighted by atomic mass is 10.0. The zero-order valence-corrected chi connectivity index (χ0v) is 12.4. The Labute approximate surface area is 127 Å². The van der Waals surface area contributed by atoms with Crippen LogP contribution in [-0.2, 0) is 0 Å². The smallest absolute Gasteiger partial charge is 0.417 e. The molecule has 0 spiro atoms. The molecule has 5 heteroatoms. The number of rotatable bonds is 5. The van der Waals surface area contributed by atoms with Gasteiger partial charge in [-0.3, -0.25) is 0 Å². The summed E-state index contributed by atoms with van der Waals surface area (Å²) in [7, 11) is 0. The number of unbranched alkanes of at least 4 members (excludes halogenated alkanes) is 4. The fourth-order valence-electron chi connectivity index (χ4n) is 2.58. The average Bonchev–Trinajstić information content (AvgIpc) is 2.77. The van der Waals surface area contributed by atoms with E-state index in [4.69, 9.17) is 0 Å². The van der Waals surface area contributed by atoms with Crippen LogP contribution in [0.5, 0.6) is 11.5 Å². The Morgan fingerprint density at radius 3 is 2.23 bits per heavy atom. The van der Waals surface area contributed by atoms with Crippen molar-refractivity contribution in [1.82, 2.24) is 0 Å². The van der Waals surface area contributed by atoms with Crippen molar-refractivity contribution >= 4 is 11.1 Å². The van der Waals surface area contributed by atoms with Crippen LogP contribution in [0.4, 0.5) is 13.2 Å². The Hall–Kier alpha value is -1.91. The van der Waals surface area contributed by atoms with Gasteiger partial charge in [0.15, 0.2) is 11.5 Å². The quantitative estimate of drug-likeness (QED) is 0.563. The molecule has 2 nitrogen and oxygen atoms in total. The van der Waals surface area contributed by atoms with E-state index in [0.717, 1.165) is 37.8 Å². The minimum atomic E-state index is -4.49. The number of halogens is 3. The van der Waals surface area contributed by atoms with Gasteiger partial charge < -0.3 is 10.2 Å². The van der Waals surface area contributed by atoms with E-state index < -0.39 is 23.2 Å². The van der Waals surface area contributed by atoms with Gasteiger partial charge in [0.25, 0.3) is 0 Å². The van der Waals surface area contributed by atoms with E-state index >= 15 is 0 Å². The van der Waals surface area contributed by atoms with Gasteiger partial charge in [-0.2, -0.15) is 13.2 Å². The molecule has 0 aliphatic heterocycles. The summed E-state index contributed by atoms with van der Waals surface area (Å²) in [5, 5.41) is 19.0. The maximum atomic E-state index is 13.1. The highest BCUT2D eigenvalue weighted by Gasteiger charge is 2.39. The standard InChI is InChI=1S/C17H19F3O2/c1-2-3-4-5-6-7-11-8-14(17(18,19)20)13-10-16(22)15(21)9-12(11)13/h7-10,21-22H,2-6H2,1H3/b11-7+. The van der Waals surface area contributed by atoms with Crippen LogP contribution in [0.3, 0.4) is 0 Å². The summed E-state index contributed by atoms with van der Waals surface area (Å²) in [5.74, 6) is -0.953. The molecule has 1 aromatic carbocycles. The Morgan fingerprint density at radius 2 is 1.64 bits per heavy atom. The second-order valence-corrected chi connectivity index (χ2v) is 5.45. The van der Waals surface area contributed by atoms with Gasteiger partial charge in [-0.15, -0.1) is 0 Å². The summed E-state index contributed by atoms with van der Waals surface area (Å²) in [6, 6.07) is 2.17. The second-order valence-electron chi connectivity index (χ2n) is 5.45. The molecule has 0 bridgehead atoms. The van der Waals surface area contributed by atoms with E-state index in [-0.39, 0.29) is 5.56 Å². The van der Waals surface area contributed by atoms with Gasteiger partial charge in [0.05, 0.1) is 5.57 Å². The lowest BCUT2D eigenvalue weighted by Crippen LogP contribution is -2.09.